The molecule has 80 valence electrons. The molecular weight excluding hydrogens is 164 g/mol. The molecule has 0 fully saturated rings. The van der Waals surface area contributed by atoms with Gasteiger partial charge in [-0.2, -0.15) is 0 Å². The van der Waals surface area contributed by atoms with E-state index in [9.17, 15) is 5.11 Å². The first-order valence-corrected chi connectivity index (χ1v) is 5.25. The van der Waals surface area contributed by atoms with E-state index >= 15 is 0 Å². The minimum Gasteiger partial charge on any atom is -0.390 e. The SMILES string of the molecule is CCCC(C)C(O)C(C)(CC)OC. The number of ether oxygens (including phenoxy) is 1. The van der Waals surface area contributed by atoms with Gasteiger partial charge < -0.3 is 9.84 Å². The standard InChI is InChI=1S/C11H24O2/c1-6-8-9(3)10(12)11(4,7-2)13-5/h9-10,12H,6-8H2,1-5H3. The van der Waals surface area contributed by atoms with E-state index in [0.29, 0.717) is 5.92 Å². The van der Waals surface area contributed by atoms with Crippen LogP contribution >= 0.6 is 0 Å². The van der Waals surface area contributed by atoms with E-state index in [1.54, 1.807) is 7.11 Å². The highest BCUT2D eigenvalue weighted by Crippen LogP contribution is 2.26. The Morgan fingerprint density at radius 1 is 1.38 bits per heavy atom. The Morgan fingerprint density at radius 2 is 1.92 bits per heavy atom. The lowest BCUT2D eigenvalue weighted by Gasteiger charge is -2.35. The molecule has 1 N–H and O–H groups in total. The molecule has 0 radical (unpaired) electrons. The summed E-state index contributed by atoms with van der Waals surface area (Å²) in [6.07, 6.45) is 2.66. The third-order valence-corrected chi connectivity index (χ3v) is 3.08. The smallest absolute Gasteiger partial charge is 0.0908 e. The van der Waals surface area contributed by atoms with Crippen LogP contribution in [0.3, 0.4) is 0 Å². The third-order valence-electron chi connectivity index (χ3n) is 3.08. The minimum atomic E-state index is -0.380. The summed E-state index contributed by atoms with van der Waals surface area (Å²) in [7, 11) is 1.67. The highest BCUT2D eigenvalue weighted by Gasteiger charge is 2.34. The van der Waals surface area contributed by atoms with E-state index in [-0.39, 0.29) is 11.7 Å². The molecule has 0 rings (SSSR count). The molecule has 0 aromatic heterocycles. The van der Waals surface area contributed by atoms with Crippen molar-refractivity contribution in [3.63, 3.8) is 0 Å². The Balaban J connectivity index is 4.27. The van der Waals surface area contributed by atoms with Gasteiger partial charge in [-0.25, -0.2) is 0 Å². The Kier molecular flexibility index (Phi) is 5.57. The van der Waals surface area contributed by atoms with Crippen LogP contribution in [-0.4, -0.2) is 23.9 Å². The summed E-state index contributed by atoms with van der Waals surface area (Å²) in [5.74, 6) is 0.315. The van der Waals surface area contributed by atoms with Crippen molar-refractivity contribution in [3.8, 4) is 0 Å². The lowest BCUT2D eigenvalue weighted by atomic mass is 9.85. The predicted molar refractivity (Wildman–Crippen MR) is 55.8 cm³/mol. The Bertz CT molecular complexity index is 130. The van der Waals surface area contributed by atoms with Crippen LogP contribution in [0.4, 0.5) is 0 Å². The predicted octanol–water partition coefficient (Wildman–Crippen LogP) is 2.60. The Labute approximate surface area is 82.3 Å². The highest BCUT2D eigenvalue weighted by molar-refractivity contribution is 4.85. The number of hydrogen-bond donors (Lipinski definition) is 1. The fourth-order valence-corrected chi connectivity index (χ4v) is 1.69. The van der Waals surface area contributed by atoms with Crippen LogP contribution in [0.5, 0.6) is 0 Å². The molecule has 0 bridgehead atoms. The van der Waals surface area contributed by atoms with E-state index in [1.165, 1.54) is 0 Å². The lowest BCUT2D eigenvalue weighted by molar-refractivity contribution is -0.113. The number of aliphatic hydroxyl groups excluding tert-OH is 1. The van der Waals surface area contributed by atoms with E-state index in [2.05, 4.69) is 13.8 Å². The van der Waals surface area contributed by atoms with E-state index in [4.69, 9.17) is 4.74 Å². The molecule has 13 heavy (non-hydrogen) atoms. The van der Waals surface area contributed by atoms with Crippen LogP contribution in [-0.2, 0) is 4.74 Å². The molecule has 0 aliphatic carbocycles. The van der Waals surface area contributed by atoms with Crippen LogP contribution in [0.1, 0.15) is 47.0 Å². The van der Waals surface area contributed by atoms with Gasteiger partial charge in [-0.15, -0.1) is 0 Å². The van der Waals surface area contributed by atoms with Crippen LogP contribution in [0, 0.1) is 5.92 Å². The van der Waals surface area contributed by atoms with Crippen molar-refractivity contribution in [1.29, 1.82) is 0 Å². The van der Waals surface area contributed by atoms with Crippen LogP contribution < -0.4 is 0 Å². The zero-order valence-corrected chi connectivity index (χ0v) is 9.63. The van der Waals surface area contributed by atoms with Crippen molar-refractivity contribution >= 4 is 0 Å². The van der Waals surface area contributed by atoms with Gasteiger partial charge in [0.2, 0.25) is 0 Å². The normalized spacial score (nSPS) is 20.8. The quantitative estimate of drug-likeness (QED) is 0.694. The molecule has 0 spiro atoms. The Morgan fingerprint density at radius 3 is 2.23 bits per heavy atom. The van der Waals surface area contributed by atoms with Crippen LogP contribution in [0.15, 0.2) is 0 Å². The van der Waals surface area contributed by atoms with Gasteiger partial charge in [0.15, 0.2) is 0 Å². The molecule has 3 unspecified atom stereocenters. The second-order valence-corrected chi connectivity index (χ2v) is 4.08. The monoisotopic (exact) mass is 188 g/mol. The third kappa shape index (κ3) is 3.28. The van der Waals surface area contributed by atoms with E-state index in [1.807, 2.05) is 13.8 Å². The first-order valence-electron chi connectivity index (χ1n) is 5.25. The number of aliphatic hydroxyl groups is 1. The van der Waals surface area contributed by atoms with Gasteiger partial charge in [-0.3, -0.25) is 0 Å². The topological polar surface area (TPSA) is 29.5 Å². The molecule has 0 aromatic carbocycles. The summed E-state index contributed by atoms with van der Waals surface area (Å²) in [4.78, 5) is 0. The van der Waals surface area contributed by atoms with E-state index in [0.717, 1.165) is 19.3 Å². The molecule has 2 nitrogen and oxygen atoms in total. The summed E-state index contributed by atoms with van der Waals surface area (Å²) < 4.78 is 5.37. The zero-order valence-electron chi connectivity index (χ0n) is 9.63. The molecule has 0 saturated carbocycles. The maximum absolute atomic E-state index is 10.0. The second-order valence-electron chi connectivity index (χ2n) is 4.08. The van der Waals surface area contributed by atoms with Gasteiger partial charge in [-0.05, 0) is 25.7 Å². The number of hydrogen-bond acceptors (Lipinski definition) is 2. The van der Waals surface area contributed by atoms with E-state index < -0.39 is 0 Å². The lowest BCUT2D eigenvalue weighted by Crippen LogP contribution is -2.44. The Hall–Kier alpha value is -0.0800. The minimum absolute atomic E-state index is 0.315. The van der Waals surface area contributed by atoms with Crippen molar-refractivity contribution in [2.75, 3.05) is 7.11 Å². The largest absolute Gasteiger partial charge is 0.390 e. The molecule has 0 amide bonds. The highest BCUT2D eigenvalue weighted by atomic mass is 16.5. The van der Waals surface area contributed by atoms with Gasteiger partial charge >= 0.3 is 0 Å². The molecule has 0 aromatic rings. The van der Waals surface area contributed by atoms with Crippen molar-refractivity contribution in [2.24, 2.45) is 5.92 Å². The molecule has 3 atom stereocenters. The van der Waals surface area contributed by atoms with Gasteiger partial charge in [0.05, 0.1) is 11.7 Å². The summed E-state index contributed by atoms with van der Waals surface area (Å²) in [5, 5.41) is 10.0. The molecule has 0 aliphatic rings. The van der Waals surface area contributed by atoms with Gasteiger partial charge in [0.1, 0.15) is 0 Å². The molecule has 2 heteroatoms. The second kappa shape index (κ2) is 5.61. The number of rotatable bonds is 6. The van der Waals surface area contributed by atoms with Gasteiger partial charge in [0.25, 0.3) is 0 Å². The average Bonchev–Trinajstić information content (AvgIpc) is 2.16. The maximum Gasteiger partial charge on any atom is 0.0908 e. The average molecular weight is 188 g/mol. The molecule has 0 aliphatic heterocycles. The summed E-state index contributed by atoms with van der Waals surface area (Å²) in [6, 6.07) is 0. The van der Waals surface area contributed by atoms with Crippen molar-refractivity contribution in [2.45, 2.75) is 58.7 Å². The van der Waals surface area contributed by atoms with Gasteiger partial charge in [-0.1, -0.05) is 27.2 Å². The zero-order chi connectivity index (χ0) is 10.5. The first-order chi connectivity index (χ1) is 6.01. The van der Waals surface area contributed by atoms with Crippen molar-refractivity contribution in [1.82, 2.24) is 0 Å². The maximum atomic E-state index is 10.0. The first kappa shape index (κ1) is 12.9. The van der Waals surface area contributed by atoms with Crippen molar-refractivity contribution < 1.29 is 9.84 Å². The fourth-order valence-electron chi connectivity index (χ4n) is 1.69. The summed E-state index contributed by atoms with van der Waals surface area (Å²) in [5.41, 5.74) is -0.380. The molecule has 0 saturated heterocycles. The van der Waals surface area contributed by atoms with Crippen molar-refractivity contribution in [3.05, 3.63) is 0 Å². The fraction of sp³-hybridized carbons (Fsp3) is 1.00. The molecule has 0 heterocycles. The van der Waals surface area contributed by atoms with Crippen LogP contribution in [0.25, 0.3) is 0 Å². The van der Waals surface area contributed by atoms with Gasteiger partial charge in [0, 0.05) is 7.11 Å². The van der Waals surface area contributed by atoms with Crippen LogP contribution in [0.2, 0.25) is 0 Å². The summed E-state index contributed by atoms with van der Waals surface area (Å²) in [6.45, 7) is 8.25. The number of methoxy groups -OCH3 is 1. The molecular formula is C11H24O2. The summed E-state index contributed by atoms with van der Waals surface area (Å²) >= 11 is 0.